The predicted octanol–water partition coefficient (Wildman–Crippen LogP) is 0.341. The van der Waals surface area contributed by atoms with Crippen LogP contribution in [0.4, 0.5) is 0 Å². The standard InChI is InChI=1S/C10H20N2O3/c1-7(9(14)15)4-5-12-8(13)6-10(2,3)11/h7H,4-6,11H2,1-3H3,(H,12,13)(H,14,15). The Morgan fingerprint density at radius 2 is 2.00 bits per heavy atom. The van der Waals surface area contributed by atoms with Crippen LogP contribution in [0, 0.1) is 5.92 Å². The van der Waals surface area contributed by atoms with E-state index in [0.29, 0.717) is 13.0 Å². The summed E-state index contributed by atoms with van der Waals surface area (Å²) in [5.74, 6) is -1.42. The summed E-state index contributed by atoms with van der Waals surface area (Å²) in [4.78, 5) is 21.7. The minimum Gasteiger partial charge on any atom is -0.481 e. The van der Waals surface area contributed by atoms with E-state index in [-0.39, 0.29) is 12.3 Å². The molecule has 1 amide bonds. The Hall–Kier alpha value is -1.10. The third-order valence-electron chi connectivity index (χ3n) is 1.94. The molecule has 0 aromatic rings. The van der Waals surface area contributed by atoms with E-state index < -0.39 is 17.4 Å². The molecule has 0 radical (unpaired) electrons. The normalized spacial score (nSPS) is 13.3. The van der Waals surface area contributed by atoms with Crippen LogP contribution in [0.5, 0.6) is 0 Å². The summed E-state index contributed by atoms with van der Waals surface area (Å²) < 4.78 is 0. The highest BCUT2D eigenvalue weighted by Crippen LogP contribution is 2.03. The first kappa shape index (κ1) is 13.9. The molecule has 0 heterocycles. The molecule has 0 rings (SSSR count). The second kappa shape index (κ2) is 5.70. The van der Waals surface area contributed by atoms with Crippen molar-refractivity contribution in [3.8, 4) is 0 Å². The van der Waals surface area contributed by atoms with Crippen molar-refractivity contribution < 1.29 is 14.7 Å². The van der Waals surface area contributed by atoms with E-state index in [1.54, 1.807) is 20.8 Å². The van der Waals surface area contributed by atoms with Crippen LogP contribution in [-0.4, -0.2) is 29.1 Å². The van der Waals surface area contributed by atoms with E-state index in [9.17, 15) is 9.59 Å². The van der Waals surface area contributed by atoms with E-state index >= 15 is 0 Å². The number of hydrogen-bond donors (Lipinski definition) is 3. The molecule has 0 saturated carbocycles. The molecule has 1 unspecified atom stereocenters. The first-order chi connectivity index (χ1) is 6.72. The van der Waals surface area contributed by atoms with Gasteiger partial charge in [0.15, 0.2) is 0 Å². The van der Waals surface area contributed by atoms with E-state index in [2.05, 4.69) is 5.32 Å². The number of carboxylic acid groups (broad SMARTS) is 1. The van der Waals surface area contributed by atoms with Crippen molar-refractivity contribution in [2.75, 3.05) is 6.54 Å². The monoisotopic (exact) mass is 216 g/mol. The lowest BCUT2D eigenvalue weighted by atomic mass is 10.0. The Kier molecular flexibility index (Phi) is 5.28. The SMILES string of the molecule is CC(CCNC(=O)CC(C)(C)N)C(=O)O. The summed E-state index contributed by atoms with van der Waals surface area (Å²) in [6.07, 6.45) is 0.681. The summed E-state index contributed by atoms with van der Waals surface area (Å²) in [5, 5.41) is 11.2. The molecule has 5 heteroatoms. The van der Waals surface area contributed by atoms with Gasteiger partial charge in [0, 0.05) is 18.5 Å². The number of carboxylic acids is 1. The van der Waals surface area contributed by atoms with Gasteiger partial charge in [0.1, 0.15) is 0 Å². The van der Waals surface area contributed by atoms with Crippen molar-refractivity contribution >= 4 is 11.9 Å². The number of carbonyl (C=O) groups excluding carboxylic acids is 1. The zero-order valence-electron chi connectivity index (χ0n) is 9.54. The Morgan fingerprint density at radius 1 is 1.47 bits per heavy atom. The molecule has 1 atom stereocenters. The molecule has 0 saturated heterocycles. The van der Waals surface area contributed by atoms with Crippen molar-refractivity contribution in [3.63, 3.8) is 0 Å². The number of hydrogen-bond acceptors (Lipinski definition) is 3. The second-order valence-electron chi connectivity index (χ2n) is 4.54. The van der Waals surface area contributed by atoms with Gasteiger partial charge < -0.3 is 16.2 Å². The molecule has 5 nitrogen and oxygen atoms in total. The Labute approximate surface area is 90.0 Å². The van der Waals surface area contributed by atoms with E-state index in [0.717, 1.165) is 0 Å². The third kappa shape index (κ3) is 7.93. The van der Waals surface area contributed by atoms with Gasteiger partial charge in [-0.05, 0) is 20.3 Å². The van der Waals surface area contributed by atoms with E-state index in [4.69, 9.17) is 10.8 Å². The lowest BCUT2D eigenvalue weighted by Gasteiger charge is -2.17. The van der Waals surface area contributed by atoms with Gasteiger partial charge in [0.2, 0.25) is 5.91 Å². The largest absolute Gasteiger partial charge is 0.481 e. The average molecular weight is 216 g/mol. The highest BCUT2D eigenvalue weighted by Gasteiger charge is 2.16. The summed E-state index contributed by atoms with van der Waals surface area (Å²) >= 11 is 0. The number of nitrogens with two attached hydrogens (primary N) is 1. The lowest BCUT2D eigenvalue weighted by Crippen LogP contribution is -2.39. The number of amides is 1. The molecule has 0 aliphatic rings. The third-order valence-corrected chi connectivity index (χ3v) is 1.94. The number of aliphatic carboxylic acids is 1. The molecule has 88 valence electrons. The smallest absolute Gasteiger partial charge is 0.306 e. The highest BCUT2D eigenvalue weighted by atomic mass is 16.4. The van der Waals surface area contributed by atoms with E-state index in [1.807, 2.05) is 0 Å². The number of carbonyl (C=O) groups is 2. The molecule has 0 fully saturated rings. The first-order valence-electron chi connectivity index (χ1n) is 5.01. The minimum absolute atomic E-state index is 0.139. The second-order valence-corrected chi connectivity index (χ2v) is 4.54. The fraction of sp³-hybridized carbons (Fsp3) is 0.800. The molecule has 0 spiro atoms. The predicted molar refractivity (Wildman–Crippen MR) is 57.3 cm³/mol. The van der Waals surface area contributed by atoms with Gasteiger partial charge in [-0.3, -0.25) is 9.59 Å². The molecule has 15 heavy (non-hydrogen) atoms. The summed E-state index contributed by atoms with van der Waals surface area (Å²) in [6, 6.07) is 0. The first-order valence-corrected chi connectivity index (χ1v) is 5.01. The number of nitrogens with one attached hydrogen (secondary N) is 1. The van der Waals surface area contributed by atoms with Crippen LogP contribution >= 0.6 is 0 Å². The van der Waals surface area contributed by atoms with Crippen molar-refractivity contribution in [1.82, 2.24) is 5.32 Å². The van der Waals surface area contributed by atoms with Gasteiger partial charge in [-0.15, -0.1) is 0 Å². The topological polar surface area (TPSA) is 92.4 Å². The van der Waals surface area contributed by atoms with Gasteiger partial charge in [0.25, 0.3) is 0 Å². The Balaban J connectivity index is 3.69. The van der Waals surface area contributed by atoms with Crippen molar-refractivity contribution in [2.45, 2.75) is 39.2 Å². The van der Waals surface area contributed by atoms with Crippen LogP contribution in [0.3, 0.4) is 0 Å². The van der Waals surface area contributed by atoms with Crippen molar-refractivity contribution in [2.24, 2.45) is 11.7 Å². The zero-order valence-corrected chi connectivity index (χ0v) is 9.54. The summed E-state index contributed by atoms with van der Waals surface area (Å²) in [6.45, 7) is 5.53. The quantitative estimate of drug-likeness (QED) is 0.597. The van der Waals surface area contributed by atoms with Crippen molar-refractivity contribution in [1.29, 1.82) is 0 Å². The summed E-state index contributed by atoms with van der Waals surface area (Å²) in [7, 11) is 0. The maximum Gasteiger partial charge on any atom is 0.306 e. The average Bonchev–Trinajstić information content (AvgIpc) is 2.00. The lowest BCUT2D eigenvalue weighted by molar-refractivity contribution is -0.141. The molecule has 0 aliphatic heterocycles. The zero-order chi connectivity index (χ0) is 12.1. The number of rotatable bonds is 6. The molecule has 0 aromatic carbocycles. The molecular weight excluding hydrogens is 196 g/mol. The van der Waals surface area contributed by atoms with Crippen molar-refractivity contribution in [3.05, 3.63) is 0 Å². The van der Waals surface area contributed by atoms with Crippen LogP contribution in [0.25, 0.3) is 0 Å². The summed E-state index contributed by atoms with van der Waals surface area (Å²) in [5.41, 5.74) is 5.14. The molecule has 0 aromatic heterocycles. The van der Waals surface area contributed by atoms with Crippen LogP contribution in [0.15, 0.2) is 0 Å². The molecular formula is C10H20N2O3. The fourth-order valence-electron chi connectivity index (χ4n) is 1.03. The van der Waals surface area contributed by atoms with Gasteiger partial charge in [0.05, 0.1) is 5.92 Å². The molecule has 4 N–H and O–H groups in total. The molecule has 0 bridgehead atoms. The molecule has 0 aliphatic carbocycles. The fourth-order valence-corrected chi connectivity index (χ4v) is 1.03. The van der Waals surface area contributed by atoms with Gasteiger partial charge >= 0.3 is 5.97 Å². The van der Waals surface area contributed by atoms with Crippen LogP contribution < -0.4 is 11.1 Å². The van der Waals surface area contributed by atoms with Gasteiger partial charge in [-0.2, -0.15) is 0 Å². The van der Waals surface area contributed by atoms with Gasteiger partial charge in [-0.25, -0.2) is 0 Å². The maximum atomic E-state index is 11.3. The minimum atomic E-state index is -0.844. The Bertz CT molecular complexity index is 233. The van der Waals surface area contributed by atoms with Crippen LogP contribution in [0.1, 0.15) is 33.6 Å². The Morgan fingerprint density at radius 3 is 2.40 bits per heavy atom. The van der Waals surface area contributed by atoms with E-state index in [1.165, 1.54) is 0 Å². The highest BCUT2D eigenvalue weighted by molar-refractivity contribution is 5.77. The van der Waals surface area contributed by atoms with Crippen LogP contribution in [0.2, 0.25) is 0 Å². The maximum absolute atomic E-state index is 11.3. The van der Waals surface area contributed by atoms with Gasteiger partial charge in [-0.1, -0.05) is 6.92 Å². The van der Waals surface area contributed by atoms with Crippen LogP contribution in [-0.2, 0) is 9.59 Å².